The number of carbonyl (C=O) groups is 3. The van der Waals surface area contributed by atoms with Crippen molar-refractivity contribution in [2.24, 2.45) is 11.8 Å². The van der Waals surface area contributed by atoms with E-state index in [0.29, 0.717) is 0 Å². The molecule has 1 aromatic carbocycles. The number of amides is 2. The summed E-state index contributed by atoms with van der Waals surface area (Å²) in [5, 5.41) is 3.12. The fourth-order valence-corrected chi connectivity index (χ4v) is 3.38. The smallest absolute Gasteiger partial charge is 0.323 e. The highest BCUT2D eigenvalue weighted by Crippen LogP contribution is 2.43. The van der Waals surface area contributed by atoms with Gasteiger partial charge in [0.2, 0.25) is 11.8 Å². The van der Waals surface area contributed by atoms with Gasteiger partial charge in [0, 0.05) is 13.1 Å². The molecular formula is C16H18N2O4. The van der Waals surface area contributed by atoms with Crippen LogP contribution in [0.3, 0.4) is 0 Å². The van der Waals surface area contributed by atoms with Crippen LogP contribution >= 0.6 is 0 Å². The Morgan fingerprint density at radius 2 is 1.73 bits per heavy atom. The highest BCUT2D eigenvalue weighted by atomic mass is 16.5. The average molecular weight is 302 g/mol. The summed E-state index contributed by atoms with van der Waals surface area (Å²) in [5.74, 6) is -2.35. The molecule has 1 aromatic rings. The van der Waals surface area contributed by atoms with Crippen LogP contribution in [0.1, 0.15) is 17.2 Å². The van der Waals surface area contributed by atoms with Crippen molar-refractivity contribution in [3.63, 3.8) is 0 Å². The van der Waals surface area contributed by atoms with Gasteiger partial charge in [0.25, 0.3) is 0 Å². The van der Waals surface area contributed by atoms with Gasteiger partial charge in [-0.15, -0.1) is 0 Å². The molecule has 2 heterocycles. The van der Waals surface area contributed by atoms with Gasteiger partial charge in [-0.3, -0.25) is 24.6 Å². The fourth-order valence-electron chi connectivity index (χ4n) is 3.38. The van der Waals surface area contributed by atoms with Crippen LogP contribution in [0.25, 0.3) is 0 Å². The molecule has 6 nitrogen and oxygen atoms in total. The lowest BCUT2D eigenvalue weighted by atomic mass is 9.86. The predicted molar refractivity (Wildman–Crippen MR) is 77.6 cm³/mol. The average Bonchev–Trinajstić information content (AvgIpc) is 3.01. The molecule has 0 saturated carbocycles. The summed E-state index contributed by atoms with van der Waals surface area (Å²) in [4.78, 5) is 37.8. The van der Waals surface area contributed by atoms with Crippen molar-refractivity contribution in [2.45, 2.75) is 19.0 Å². The summed E-state index contributed by atoms with van der Waals surface area (Å²) in [7, 11) is 2.74. The number of rotatable bonds is 2. The van der Waals surface area contributed by atoms with Gasteiger partial charge in [-0.2, -0.15) is 0 Å². The molecule has 0 bridgehead atoms. The first-order chi connectivity index (χ1) is 10.5. The van der Waals surface area contributed by atoms with Gasteiger partial charge in [0.1, 0.15) is 6.04 Å². The maximum absolute atomic E-state index is 12.4. The van der Waals surface area contributed by atoms with E-state index in [4.69, 9.17) is 4.74 Å². The minimum Gasteiger partial charge on any atom is -0.468 e. The van der Waals surface area contributed by atoms with Crippen LogP contribution in [0.5, 0.6) is 0 Å². The molecule has 2 aliphatic rings. The minimum atomic E-state index is -0.789. The van der Waals surface area contributed by atoms with E-state index in [1.54, 1.807) is 0 Å². The van der Waals surface area contributed by atoms with E-state index in [0.717, 1.165) is 16.0 Å². The molecule has 6 heteroatoms. The molecule has 0 radical (unpaired) electrons. The number of nitrogens with zero attached hydrogens (tertiary/aromatic N) is 1. The highest BCUT2D eigenvalue weighted by molar-refractivity contribution is 6.08. The molecule has 0 aliphatic carbocycles. The van der Waals surface area contributed by atoms with E-state index in [1.165, 1.54) is 14.2 Å². The van der Waals surface area contributed by atoms with Crippen LogP contribution in [-0.4, -0.2) is 42.9 Å². The second kappa shape index (κ2) is 5.21. The van der Waals surface area contributed by atoms with Crippen molar-refractivity contribution in [1.82, 2.24) is 10.2 Å². The molecular weight excluding hydrogens is 284 g/mol. The summed E-state index contributed by atoms with van der Waals surface area (Å²) >= 11 is 0. The maximum atomic E-state index is 12.4. The SMILES string of the molecule is COC(=O)[C@H]1N[C@@H](c2ccc(C)cc2)[C@H]2C(=O)N(C)C(=O)[C@H]21. The quantitative estimate of drug-likeness (QED) is 0.633. The van der Waals surface area contributed by atoms with E-state index in [1.807, 2.05) is 31.2 Å². The number of aryl methyl sites for hydroxylation is 1. The Morgan fingerprint density at radius 1 is 1.14 bits per heavy atom. The van der Waals surface area contributed by atoms with Crippen LogP contribution in [0, 0.1) is 18.8 Å². The van der Waals surface area contributed by atoms with Crippen molar-refractivity contribution < 1.29 is 19.1 Å². The second-order valence-electron chi connectivity index (χ2n) is 5.84. The Labute approximate surface area is 128 Å². The zero-order valence-electron chi connectivity index (χ0n) is 12.7. The van der Waals surface area contributed by atoms with Crippen LogP contribution in [-0.2, 0) is 19.1 Å². The third-order valence-electron chi connectivity index (χ3n) is 4.59. The van der Waals surface area contributed by atoms with Crippen molar-refractivity contribution in [3.05, 3.63) is 35.4 Å². The molecule has 22 heavy (non-hydrogen) atoms. The number of ether oxygens (including phenoxy) is 1. The van der Waals surface area contributed by atoms with Gasteiger partial charge < -0.3 is 4.74 Å². The van der Waals surface area contributed by atoms with E-state index < -0.39 is 23.8 Å². The molecule has 2 fully saturated rings. The normalized spacial score (nSPS) is 30.6. The van der Waals surface area contributed by atoms with Crippen molar-refractivity contribution in [1.29, 1.82) is 0 Å². The number of hydrogen-bond acceptors (Lipinski definition) is 5. The lowest BCUT2D eigenvalue weighted by molar-refractivity contribution is -0.147. The predicted octanol–water partition coefficient (Wildman–Crippen LogP) is 0.412. The molecule has 0 unspecified atom stereocenters. The number of hydrogen-bond donors (Lipinski definition) is 1. The monoisotopic (exact) mass is 302 g/mol. The molecule has 2 amide bonds. The summed E-state index contributed by atoms with van der Waals surface area (Å²) in [5.41, 5.74) is 2.00. The Bertz CT molecular complexity index is 640. The second-order valence-corrected chi connectivity index (χ2v) is 5.84. The number of imide groups is 1. The van der Waals surface area contributed by atoms with Gasteiger partial charge >= 0.3 is 5.97 Å². The number of carbonyl (C=O) groups excluding carboxylic acids is 3. The minimum absolute atomic E-state index is 0.250. The number of fused-ring (bicyclic) bond motifs is 1. The Kier molecular flexibility index (Phi) is 3.48. The Morgan fingerprint density at radius 3 is 2.32 bits per heavy atom. The van der Waals surface area contributed by atoms with Crippen molar-refractivity contribution in [2.75, 3.05) is 14.2 Å². The van der Waals surface area contributed by atoms with Crippen LogP contribution in [0.2, 0.25) is 0 Å². The van der Waals surface area contributed by atoms with E-state index in [-0.39, 0.29) is 17.9 Å². The number of methoxy groups -OCH3 is 1. The summed E-state index contributed by atoms with van der Waals surface area (Å²) in [6.07, 6.45) is 0. The van der Waals surface area contributed by atoms with Crippen LogP contribution in [0.4, 0.5) is 0 Å². The third-order valence-corrected chi connectivity index (χ3v) is 4.59. The first kappa shape index (κ1) is 14.7. The summed E-state index contributed by atoms with van der Waals surface area (Å²) < 4.78 is 4.78. The fraction of sp³-hybridized carbons (Fsp3) is 0.438. The van der Waals surface area contributed by atoms with Crippen molar-refractivity contribution >= 4 is 17.8 Å². The molecule has 4 atom stereocenters. The standard InChI is InChI=1S/C16H18N2O4/c1-8-4-6-9(7-5-8)12-10-11(13(17-12)16(21)22-3)15(20)18(2)14(10)19/h4-7,10-13,17H,1-3H3/t10-,11+,12-,13-/m0/s1. The number of nitrogens with one attached hydrogen (secondary N) is 1. The largest absolute Gasteiger partial charge is 0.468 e. The van der Waals surface area contributed by atoms with E-state index in [2.05, 4.69) is 5.32 Å². The van der Waals surface area contributed by atoms with Gasteiger partial charge in [-0.1, -0.05) is 29.8 Å². The Balaban J connectivity index is 2.01. The van der Waals surface area contributed by atoms with Gasteiger partial charge in [0.15, 0.2) is 0 Å². The summed E-state index contributed by atoms with van der Waals surface area (Å²) in [6.45, 7) is 1.98. The number of esters is 1. The van der Waals surface area contributed by atoms with E-state index in [9.17, 15) is 14.4 Å². The molecule has 0 aromatic heterocycles. The molecule has 0 spiro atoms. The topological polar surface area (TPSA) is 75.7 Å². The van der Waals surface area contributed by atoms with Crippen LogP contribution in [0.15, 0.2) is 24.3 Å². The molecule has 116 valence electrons. The zero-order chi connectivity index (χ0) is 16.0. The van der Waals surface area contributed by atoms with Crippen molar-refractivity contribution in [3.8, 4) is 0 Å². The van der Waals surface area contributed by atoms with Gasteiger partial charge in [-0.25, -0.2) is 0 Å². The molecule has 2 aliphatic heterocycles. The third kappa shape index (κ3) is 2.02. The lowest BCUT2D eigenvalue weighted by Crippen LogP contribution is -2.42. The highest BCUT2D eigenvalue weighted by Gasteiger charge is 2.60. The number of likely N-dealkylation sites (tertiary alicyclic amines) is 1. The Hall–Kier alpha value is -2.21. The van der Waals surface area contributed by atoms with E-state index >= 15 is 0 Å². The maximum Gasteiger partial charge on any atom is 0.323 e. The summed E-state index contributed by atoms with van der Waals surface area (Å²) in [6, 6.07) is 6.57. The first-order valence-electron chi connectivity index (χ1n) is 7.17. The first-order valence-corrected chi connectivity index (χ1v) is 7.17. The number of benzene rings is 1. The zero-order valence-corrected chi connectivity index (χ0v) is 12.7. The molecule has 3 rings (SSSR count). The molecule has 2 saturated heterocycles. The van der Waals surface area contributed by atoms with Gasteiger partial charge in [0.05, 0.1) is 18.9 Å². The lowest BCUT2D eigenvalue weighted by Gasteiger charge is -2.19. The van der Waals surface area contributed by atoms with Gasteiger partial charge in [-0.05, 0) is 12.5 Å². The molecule has 1 N–H and O–H groups in total. The van der Waals surface area contributed by atoms with Crippen LogP contribution < -0.4 is 5.32 Å².